The van der Waals surface area contributed by atoms with Gasteiger partial charge in [0.15, 0.2) is 5.79 Å². The van der Waals surface area contributed by atoms with E-state index in [1.165, 1.54) is 0 Å². The minimum Gasteiger partial charge on any atom is -0.368 e. The molecule has 0 bridgehead atoms. The summed E-state index contributed by atoms with van der Waals surface area (Å²) in [6, 6.07) is 24.7. The maximum Gasteiger partial charge on any atom is 0.523 e. The monoisotopic (exact) mass is 596 g/mol. The largest absolute Gasteiger partial charge is 0.523 e. The second kappa shape index (κ2) is 11.1. The number of rotatable bonds is 8. The first-order chi connectivity index (χ1) is 18.8. The molecule has 2 aliphatic rings. The number of hydrogen-bond donors (Lipinski definition) is 0. The van der Waals surface area contributed by atoms with Gasteiger partial charge in [0.25, 0.3) is 0 Å². The van der Waals surface area contributed by atoms with Crippen LogP contribution < -0.4 is 0 Å². The zero-order chi connectivity index (χ0) is 28.7. The quantitative estimate of drug-likeness (QED) is 0.205. The van der Waals surface area contributed by atoms with Crippen LogP contribution in [0.15, 0.2) is 78.9 Å². The summed E-state index contributed by atoms with van der Waals surface area (Å²) in [5.74, 6) is -1.74. The molecule has 2 fully saturated rings. The van der Waals surface area contributed by atoms with Gasteiger partial charge in [-0.25, -0.2) is 0 Å². The molecule has 1 aliphatic carbocycles. The van der Waals surface area contributed by atoms with Crippen molar-refractivity contribution >= 4 is 21.7 Å². The lowest BCUT2D eigenvalue weighted by Crippen LogP contribution is -2.36. The molecule has 0 radical (unpaired) electrons. The average Bonchev–Trinajstić information content (AvgIpc) is 3.38. The van der Waals surface area contributed by atoms with E-state index in [4.69, 9.17) is 25.8 Å². The van der Waals surface area contributed by atoms with E-state index in [2.05, 4.69) is 4.18 Å². The summed E-state index contributed by atoms with van der Waals surface area (Å²) in [5.41, 5.74) is -1.85. The van der Waals surface area contributed by atoms with Gasteiger partial charge in [0.1, 0.15) is 12.2 Å². The van der Waals surface area contributed by atoms with Gasteiger partial charge in [-0.2, -0.15) is 21.6 Å². The van der Waals surface area contributed by atoms with Crippen LogP contribution in [0.3, 0.4) is 0 Å². The first-order valence-electron chi connectivity index (χ1n) is 12.7. The first kappa shape index (κ1) is 29.0. The third-order valence-corrected chi connectivity index (χ3v) is 8.39. The van der Waals surface area contributed by atoms with Crippen molar-refractivity contribution in [2.75, 3.05) is 0 Å². The number of halogens is 4. The van der Waals surface area contributed by atoms with E-state index >= 15 is 0 Å². The number of fused-ring (bicyclic) bond motifs is 1. The Morgan fingerprint density at radius 2 is 1.52 bits per heavy atom. The van der Waals surface area contributed by atoms with Crippen LogP contribution in [0.25, 0.3) is 11.1 Å². The van der Waals surface area contributed by atoms with Gasteiger partial charge in [0.05, 0.1) is 18.8 Å². The molecule has 40 heavy (non-hydrogen) atoms. The van der Waals surface area contributed by atoms with E-state index in [-0.39, 0.29) is 13.0 Å². The predicted octanol–water partition coefficient (Wildman–Crippen LogP) is 7.04. The topological polar surface area (TPSA) is 71.1 Å². The lowest BCUT2D eigenvalue weighted by molar-refractivity contribution is -0.172. The second-order valence-electron chi connectivity index (χ2n) is 10.3. The van der Waals surface area contributed by atoms with Gasteiger partial charge in [0.2, 0.25) is 0 Å². The number of alkyl halides is 3. The molecule has 0 aromatic heterocycles. The van der Waals surface area contributed by atoms with Crippen molar-refractivity contribution in [2.24, 2.45) is 5.92 Å². The summed E-state index contributed by atoms with van der Waals surface area (Å²) in [4.78, 5) is 0. The second-order valence-corrected chi connectivity index (χ2v) is 12.3. The predicted molar refractivity (Wildman–Crippen MR) is 143 cm³/mol. The molecule has 5 rings (SSSR count). The van der Waals surface area contributed by atoms with Crippen molar-refractivity contribution in [3.05, 3.63) is 95.0 Å². The van der Waals surface area contributed by atoms with Crippen molar-refractivity contribution < 1.29 is 40.0 Å². The molecule has 0 spiro atoms. The summed E-state index contributed by atoms with van der Waals surface area (Å²) in [5, 5.41) is 0.502. The van der Waals surface area contributed by atoms with Gasteiger partial charge in [-0.15, -0.1) is 0 Å². The van der Waals surface area contributed by atoms with Crippen LogP contribution in [0.1, 0.15) is 37.5 Å². The van der Waals surface area contributed by atoms with Crippen molar-refractivity contribution in [3.8, 4) is 11.1 Å². The van der Waals surface area contributed by atoms with Crippen molar-refractivity contribution in [1.29, 1.82) is 0 Å². The Morgan fingerprint density at radius 1 is 0.925 bits per heavy atom. The van der Waals surface area contributed by atoms with Gasteiger partial charge in [-0.3, -0.25) is 4.18 Å². The molecule has 1 heterocycles. The molecule has 214 valence electrons. The Bertz CT molecular complexity index is 1410. The Hall–Kier alpha value is -2.47. The zero-order valence-corrected chi connectivity index (χ0v) is 23.2. The van der Waals surface area contributed by atoms with Crippen LogP contribution in [-0.2, 0) is 35.1 Å². The van der Waals surface area contributed by atoms with Crippen molar-refractivity contribution in [3.63, 3.8) is 0 Å². The highest BCUT2D eigenvalue weighted by Gasteiger charge is 2.60. The Balaban J connectivity index is 1.41. The van der Waals surface area contributed by atoms with Gasteiger partial charge in [-0.1, -0.05) is 78.3 Å². The third-order valence-electron chi connectivity index (χ3n) is 7.07. The van der Waals surface area contributed by atoms with E-state index in [0.717, 1.165) is 16.7 Å². The van der Waals surface area contributed by atoms with Crippen molar-refractivity contribution in [2.45, 2.75) is 62.6 Å². The maximum absolute atomic E-state index is 13.2. The van der Waals surface area contributed by atoms with E-state index < -0.39 is 51.7 Å². The summed E-state index contributed by atoms with van der Waals surface area (Å²) in [6.07, 6.45) is -4.00. The van der Waals surface area contributed by atoms with Gasteiger partial charge in [-0.05, 0) is 54.7 Å². The molecule has 1 unspecified atom stereocenters. The van der Waals surface area contributed by atoms with Crippen LogP contribution in [0, 0.1) is 5.92 Å². The minimum absolute atomic E-state index is 0.0963. The zero-order valence-electron chi connectivity index (χ0n) is 21.7. The molecule has 1 saturated carbocycles. The molecule has 1 saturated heterocycles. The lowest BCUT2D eigenvalue weighted by atomic mass is 9.92. The fourth-order valence-electron chi connectivity index (χ4n) is 5.31. The van der Waals surface area contributed by atoms with Gasteiger partial charge >= 0.3 is 15.6 Å². The molecule has 11 heteroatoms. The fraction of sp³-hybridized carbons (Fsp3) is 0.379. The molecule has 0 N–H and O–H groups in total. The first-order valence-corrected chi connectivity index (χ1v) is 14.5. The molecule has 1 aliphatic heterocycles. The molecular formula is C29H28ClF3O6S. The van der Waals surface area contributed by atoms with E-state index in [1.54, 1.807) is 38.1 Å². The Kier molecular flexibility index (Phi) is 8.04. The average molecular weight is 597 g/mol. The molecule has 3 aromatic rings. The smallest absolute Gasteiger partial charge is 0.368 e. The highest BCUT2D eigenvalue weighted by molar-refractivity contribution is 7.87. The summed E-state index contributed by atoms with van der Waals surface area (Å²) >= 11 is 6.10. The molecule has 3 aromatic carbocycles. The third kappa shape index (κ3) is 6.22. The van der Waals surface area contributed by atoms with Gasteiger partial charge < -0.3 is 14.2 Å². The molecule has 0 amide bonds. The van der Waals surface area contributed by atoms with Crippen LogP contribution in [-0.4, -0.2) is 38.0 Å². The number of ether oxygens (including phenoxy) is 3. The highest BCUT2D eigenvalue weighted by atomic mass is 35.5. The summed E-state index contributed by atoms with van der Waals surface area (Å²) in [7, 11) is -5.85. The van der Waals surface area contributed by atoms with Crippen LogP contribution in [0.4, 0.5) is 13.2 Å². The highest BCUT2D eigenvalue weighted by Crippen LogP contribution is 2.49. The van der Waals surface area contributed by atoms with Crippen LogP contribution in [0.2, 0.25) is 5.02 Å². The van der Waals surface area contributed by atoms with Crippen molar-refractivity contribution in [1.82, 2.24) is 0 Å². The Morgan fingerprint density at radius 3 is 2.15 bits per heavy atom. The summed E-state index contributed by atoms with van der Waals surface area (Å²) < 4.78 is 86.3. The normalized spacial score (nSPS) is 25.1. The Labute approximate surface area is 236 Å². The standard InChI is InChI=1S/C29H28ClF3O6S/c1-28(2)37-26-23(16-24(27(26)38-28)39-40(34,35)29(31,32)33)25(21-12-14-22(30)15-13-21)36-17-18-8-10-20(11-9-18)19-6-4-3-5-7-19/h3-15,23-27H,16-17H2,1-2H3/t23-,24+,25?,26-,27+/m1/s1. The maximum atomic E-state index is 13.2. The number of hydrogen-bond acceptors (Lipinski definition) is 6. The van der Waals surface area contributed by atoms with E-state index in [1.807, 2.05) is 54.6 Å². The van der Waals surface area contributed by atoms with Crippen LogP contribution >= 0.6 is 11.6 Å². The SMILES string of the molecule is CC1(C)O[C@@H]2[C@H](O1)[C@@H](C(OCc1ccc(-c3ccccc3)cc1)c1ccc(Cl)cc1)C[C@@H]2OS(=O)(=O)C(F)(F)F. The molecular weight excluding hydrogens is 569 g/mol. The lowest BCUT2D eigenvalue weighted by Gasteiger charge is -2.29. The number of benzene rings is 3. The van der Waals surface area contributed by atoms with Crippen LogP contribution in [0.5, 0.6) is 0 Å². The molecule has 6 nitrogen and oxygen atoms in total. The van der Waals surface area contributed by atoms with Gasteiger partial charge in [0, 0.05) is 10.9 Å². The molecule has 5 atom stereocenters. The van der Waals surface area contributed by atoms with E-state index in [0.29, 0.717) is 10.6 Å². The minimum atomic E-state index is -5.85. The van der Waals surface area contributed by atoms with E-state index in [9.17, 15) is 21.6 Å². The summed E-state index contributed by atoms with van der Waals surface area (Å²) in [6.45, 7) is 3.42. The fourth-order valence-corrected chi connectivity index (χ4v) is 6.06.